The molecule has 2 aliphatic heterocycles. The predicted molar refractivity (Wildman–Crippen MR) is 202 cm³/mol. The largest absolute Gasteiger partial charge is 3.00 e. The van der Waals surface area contributed by atoms with Crippen molar-refractivity contribution < 1.29 is 71.7 Å². The Morgan fingerprint density at radius 3 is 0.620 bits per heavy atom. The summed E-state index contributed by atoms with van der Waals surface area (Å²) in [7, 11) is 0. The zero-order valence-electron chi connectivity index (χ0n) is 33.1. The van der Waals surface area contributed by atoms with Gasteiger partial charge in [-0.15, -0.1) is 17.2 Å². The molecular weight excluding hydrogens is 782 g/mol. The van der Waals surface area contributed by atoms with E-state index in [0.717, 1.165) is 59.8 Å². The molecule has 0 aromatic heterocycles. The molecule has 0 amide bonds. The molecule has 0 spiro atoms. The van der Waals surface area contributed by atoms with Crippen molar-refractivity contribution >= 4 is 0 Å². The Hall–Kier alpha value is -1.50. The van der Waals surface area contributed by atoms with Crippen LogP contribution in [0.5, 0.6) is 17.2 Å². The first-order valence-electron chi connectivity index (χ1n) is 18.7. The molecule has 0 bridgehead atoms. The van der Waals surface area contributed by atoms with Crippen molar-refractivity contribution in [1.29, 1.82) is 0 Å². The van der Waals surface area contributed by atoms with Crippen LogP contribution in [0.1, 0.15) is 178 Å². The fraction of sp³-hybridized carbons (Fsp3) is 0.591. The molecule has 287 valence electrons. The van der Waals surface area contributed by atoms with Gasteiger partial charge in [0, 0.05) is 26.4 Å². The molecule has 50 heavy (non-hydrogen) atoms. The number of ether oxygens (including phenoxy) is 2. The second kappa shape index (κ2) is 26.3. The van der Waals surface area contributed by atoms with Crippen LogP contribution in [0.4, 0.5) is 0 Å². The van der Waals surface area contributed by atoms with Gasteiger partial charge in [-0.3, -0.25) is 0 Å². The van der Waals surface area contributed by atoms with Crippen molar-refractivity contribution in [2.75, 3.05) is 26.4 Å². The minimum atomic E-state index is 0. The van der Waals surface area contributed by atoms with Gasteiger partial charge in [0.05, 0.1) is 0 Å². The van der Waals surface area contributed by atoms with E-state index in [9.17, 15) is 15.3 Å². The van der Waals surface area contributed by atoms with Crippen LogP contribution >= 0.6 is 0 Å². The molecule has 2 fully saturated rings. The van der Waals surface area contributed by atoms with Crippen molar-refractivity contribution in [3.05, 3.63) is 88.0 Å². The Kier molecular flexibility index (Phi) is 25.5. The molecule has 5 nitrogen and oxygen atoms in total. The maximum atomic E-state index is 11.9. The van der Waals surface area contributed by atoms with Crippen molar-refractivity contribution in [2.45, 2.75) is 144 Å². The third kappa shape index (κ3) is 17.3. The summed E-state index contributed by atoms with van der Waals surface area (Å²) < 4.78 is 9.89. The van der Waals surface area contributed by atoms with Gasteiger partial charge in [0.25, 0.3) is 0 Å². The first-order chi connectivity index (χ1) is 23.1. The van der Waals surface area contributed by atoms with Crippen molar-refractivity contribution in [3.8, 4) is 17.2 Å². The van der Waals surface area contributed by atoms with Gasteiger partial charge in [0.1, 0.15) is 0 Å². The van der Waals surface area contributed by atoms with Crippen molar-refractivity contribution in [3.63, 3.8) is 0 Å². The topological polar surface area (TPSA) is 87.6 Å². The van der Waals surface area contributed by atoms with E-state index >= 15 is 0 Å². The molecule has 5 rings (SSSR count). The summed E-state index contributed by atoms with van der Waals surface area (Å²) in [5.41, 5.74) is 5.62. The van der Waals surface area contributed by atoms with Gasteiger partial charge in [-0.25, -0.2) is 0 Å². The van der Waals surface area contributed by atoms with E-state index in [-0.39, 0.29) is 64.2 Å². The summed E-state index contributed by atoms with van der Waals surface area (Å²) in [5.74, 6) is 2.64. The zero-order chi connectivity index (χ0) is 37.1. The molecule has 2 saturated heterocycles. The van der Waals surface area contributed by atoms with Gasteiger partial charge in [0.2, 0.25) is 0 Å². The molecule has 0 saturated carbocycles. The van der Waals surface area contributed by atoms with E-state index in [2.05, 4.69) is 83.1 Å². The summed E-state index contributed by atoms with van der Waals surface area (Å²) in [6, 6.07) is 17.5. The summed E-state index contributed by atoms with van der Waals surface area (Å²) in [6.45, 7) is 28.7. The Morgan fingerprint density at radius 1 is 0.360 bits per heavy atom. The van der Waals surface area contributed by atoms with Crippen LogP contribution in [0.3, 0.4) is 0 Å². The SMILES string of the molecule is C1CCOC1.C1CCOC1.CC(C)c1cccc(C(C)C)c1[O-].CC(C)c1cccc(C(C)C)c1[O-].CC(C)c1cccc(C(C)C)c1[O-].[Yb+3]. The van der Waals surface area contributed by atoms with Gasteiger partial charge in [-0.2, -0.15) is 0 Å². The smallest absolute Gasteiger partial charge is 0.872 e. The van der Waals surface area contributed by atoms with Crippen molar-refractivity contribution in [2.24, 2.45) is 0 Å². The molecule has 0 N–H and O–H groups in total. The van der Waals surface area contributed by atoms with Crippen LogP contribution < -0.4 is 15.3 Å². The number of benzene rings is 3. The Labute approximate surface area is 344 Å². The van der Waals surface area contributed by atoms with Gasteiger partial charge in [-0.05, 0) is 61.2 Å². The predicted octanol–water partition coefficient (Wildman–Crippen LogP) is 10.6. The normalized spacial score (nSPS) is 13.6. The van der Waals surface area contributed by atoms with Crippen LogP contribution in [0, 0.1) is 46.9 Å². The van der Waals surface area contributed by atoms with E-state index < -0.39 is 0 Å². The van der Waals surface area contributed by atoms with Gasteiger partial charge in [-0.1, -0.05) is 171 Å². The Bertz CT molecular complexity index is 1070. The number of hydrogen-bond acceptors (Lipinski definition) is 5. The van der Waals surface area contributed by atoms with Gasteiger partial charge in [0.15, 0.2) is 0 Å². The third-order valence-electron chi connectivity index (χ3n) is 8.61. The van der Waals surface area contributed by atoms with E-state index in [1.54, 1.807) is 0 Å². The van der Waals surface area contributed by atoms with Gasteiger partial charge >= 0.3 is 46.9 Å². The first kappa shape index (κ1) is 48.5. The average Bonchev–Trinajstić information content (AvgIpc) is 3.82. The monoisotopic (exact) mass is 849 g/mol. The van der Waals surface area contributed by atoms with E-state index in [0.29, 0.717) is 35.5 Å². The Balaban J connectivity index is 0.000000625. The third-order valence-corrected chi connectivity index (χ3v) is 8.61. The van der Waals surface area contributed by atoms with Crippen LogP contribution in [-0.2, 0) is 9.47 Å². The average molecular weight is 849 g/mol. The van der Waals surface area contributed by atoms with Crippen LogP contribution in [0.25, 0.3) is 0 Å². The molecule has 2 heterocycles. The van der Waals surface area contributed by atoms with Gasteiger partial charge < -0.3 is 24.8 Å². The maximum Gasteiger partial charge on any atom is 3.00 e. The molecular formula is C44H67O5Yb. The quantitative estimate of drug-likeness (QED) is 0.247. The second-order valence-corrected chi connectivity index (χ2v) is 14.9. The molecule has 2 aliphatic rings. The summed E-state index contributed by atoms with van der Waals surface area (Å²) in [5, 5.41) is 35.6. The molecule has 1 radical (unpaired) electrons. The minimum absolute atomic E-state index is 0. The maximum absolute atomic E-state index is 11.9. The molecule has 6 heteroatoms. The zero-order valence-corrected chi connectivity index (χ0v) is 34.8. The van der Waals surface area contributed by atoms with Crippen molar-refractivity contribution in [1.82, 2.24) is 0 Å². The van der Waals surface area contributed by atoms with E-state index in [4.69, 9.17) is 9.47 Å². The standard InChI is InChI=1S/3C12H18O.2C4H8O.Yb/c3*1-8(2)10-6-5-7-11(9(3)4)12(10)13;2*1-2-4-5-3-1;/h3*5-9,13H,1-4H3;2*1-4H2;/q;;;;;+3/p-3. The fourth-order valence-corrected chi connectivity index (χ4v) is 5.47. The van der Waals surface area contributed by atoms with Crippen LogP contribution in [0.15, 0.2) is 54.6 Å². The Morgan fingerprint density at radius 2 is 0.520 bits per heavy atom. The second-order valence-electron chi connectivity index (χ2n) is 14.9. The molecule has 0 aliphatic carbocycles. The van der Waals surface area contributed by atoms with Crippen LogP contribution in [0.2, 0.25) is 0 Å². The van der Waals surface area contributed by atoms with E-state index in [1.807, 2.05) is 54.6 Å². The minimum Gasteiger partial charge on any atom is -0.872 e. The number of rotatable bonds is 6. The molecule has 3 aromatic rings. The molecule has 0 atom stereocenters. The summed E-state index contributed by atoms with van der Waals surface area (Å²) >= 11 is 0. The molecule has 0 unspecified atom stereocenters. The van der Waals surface area contributed by atoms with Crippen LogP contribution in [-0.4, -0.2) is 26.4 Å². The number of hydrogen-bond donors (Lipinski definition) is 0. The summed E-state index contributed by atoms with van der Waals surface area (Å²) in [6.07, 6.45) is 5.11. The first-order valence-corrected chi connectivity index (χ1v) is 18.7. The molecule has 3 aromatic carbocycles. The number of para-hydroxylation sites is 3. The fourth-order valence-electron chi connectivity index (χ4n) is 5.47. The van der Waals surface area contributed by atoms with E-state index in [1.165, 1.54) is 25.7 Å². The summed E-state index contributed by atoms with van der Waals surface area (Å²) in [4.78, 5) is 0.